The van der Waals surface area contributed by atoms with E-state index >= 15 is 0 Å². The zero-order chi connectivity index (χ0) is 10.3. The molecule has 5 heteroatoms. The van der Waals surface area contributed by atoms with Crippen LogP contribution in [-0.4, -0.2) is 14.5 Å². The monoisotopic (exact) mass is 232 g/mol. The molecule has 1 aromatic rings. The Labute approximate surface area is 87.1 Å². The normalized spacial score (nSPS) is 20.3. The number of benzene rings is 1. The first kappa shape index (κ1) is 9.80. The average molecular weight is 233 g/mol. The van der Waals surface area contributed by atoms with Gasteiger partial charge in [-0.15, -0.1) is 0 Å². The fourth-order valence-corrected chi connectivity index (χ4v) is 2.35. The van der Waals surface area contributed by atoms with E-state index in [-0.39, 0.29) is 11.0 Å². The second-order valence-corrected chi connectivity index (χ2v) is 5.91. The summed E-state index contributed by atoms with van der Waals surface area (Å²) in [4.78, 5) is 0.135. The molecular formula is C9H9ClO3S. The molecule has 1 aliphatic rings. The maximum atomic E-state index is 11.0. The van der Waals surface area contributed by atoms with Crippen LogP contribution in [0.15, 0.2) is 23.1 Å². The van der Waals surface area contributed by atoms with Gasteiger partial charge in [-0.25, -0.2) is 8.42 Å². The van der Waals surface area contributed by atoms with Gasteiger partial charge in [0.25, 0.3) is 9.05 Å². The van der Waals surface area contributed by atoms with E-state index in [9.17, 15) is 8.42 Å². The maximum Gasteiger partial charge on any atom is 0.261 e. The predicted octanol–water partition coefficient (Wildman–Crippen LogP) is 1.94. The molecule has 14 heavy (non-hydrogen) atoms. The van der Waals surface area contributed by atoms with Crippen LogP contribution in [0.25, 0.3) is 0 Å². The largest absolute Gasteiger partial charge is 0.490 e. The molecule has 0 bridgehead atoms. The van der Waals surface area contributed by atoms with Crippen molar-refractivity contribution < 1.29 is 13.2 Å². The average Bonchev–Trinajstić information content (AvgIpc) is 2.41. The molecule has 0 amide bonds. The first-order chi connectivity index (χ1) is 6.47. The van der Waals surface area contributed by atoms with Crippen molar-refractivity contribution in [3.05, 3.63) is 23.8 Å². The van der Waals surface area contributed by atoms with Crippen molar-refractivity contribution in [2.24, 2.45) is 0 Å². The first-order valence-corrected chi connectivity index (χ1v) is 6.52. The molecule has 2 rings (SSSR count). The zero-order valence-electron chi connectivity index (χ0n) is 7.53. The number of halogens is 1. The van der Waals surface area contributed by atoms with E-state index in [0.29, 0.717) is 0 Å². The van der Waals surface area contributed by atoms with Gasteiger partial charge >= 0.3 is 0 Å². The minimum absolute atomic E-state index is 0.110. The third-order valence-corrected chi connectivity index (χ3v) is 3.50. The highest BCUT2D eigenvalue weighted by Crippen LogP contribution is 2.31. The molecule has 1 unspecified atom stereocenters. The molecule has 0 aliphatic carbocycles. The topological polar surface area (TPSA) is 43.4 Å². The van der Waals surface area contributed by atoms with E-state index in [1.54, 1.807) is 12.1 Å². The predicted molar refractivity (Wildman–Crippen MR) is 53.3 cm³/mol. The summed E-state index contributed by atoms with van der Waals surface area (Å²) in [5.74, 6) is 0.751. The van der Waals surface area contributed by atoms with E-state index in [2.05, 4.69) is 0 Å². The summed E-state index contributed by atoms with van der Waals surface area (Å²) in [6, 6.07) is 4.68. The molecule has 76 valence electrons. The van der Waals surface area contributed by atoms with E-state index in [1.165, 1.54) is 6.07 Å². The van der Waals surface area contributed by atoms with Gasteiger partial charge < -0.3 is 4.74 Å². The summed E-state index contributed by atoms with van der Waals surface area (Å²) >= 11 is 0. The number of ether oxygens (including phenoxy) is 1. The molecule has 0 spiro atoms. The maximum absolute atomic E-state index is 11.0. The van der Waals surface area contributed by atoms with E-state index in [4.69, 9.17) is 15.4 Å². The van der Waals surface area contributed by atoms with Gasteiger partial charge in [0.1, 0.15) is 11.9 Å². The van der Waals surface area contributed by atoms with Crippen LogP contribution < -0.4 is 4.74 Å². The molecular weight excluding hydrogens is 224 g/mol. The Bertz CT molecular complexity index is 467. The Balaban J connectivity index is 2.48. The minimum Gasteiger partial charge on any atom is -0.490 e. The molecule has 0 fully saturated rings. The van der Waals surface area contributed by atoms with Crippen LogP contribution in [0, 0.1) is 0 Å². The fourth-order valence-electron chi connectivity index (χ4n) is 1.55. The first-order valence-electron chi connectivity index (χ1n) is 4.21. The van der Waals surface area contributed by atoms with E-state index in [0.717, 1.165) is 17.7 Å². The Hall–Kier alpha value is -0.740. The van der Waals surface area contributed by atoms with Gasteiger partial charge in [-0.1, -0.05) is 0 Å². The quantitative estimate of drug-likeness (QED) is 0.695. The summed E-state index contributed by atoms with van der Waals surface area (Å²) in [6.07, 6.45) is 0.841. The van der Waals surface area contributed by atoms with Crippen molar-refractivity contribution >= 4 is 19.7 Å². The standard InChI is InChI=1S/C9H9ClO3S/c1-6-4-7-5-8(14(10,11)12)2-3-9(7)13-6/h2-3,5-6H,4H2,1H3. The van der Waals surface area contributed by atoms with Crippen LogP contribution in [0.2, 0.25) is 0 Å². The Morgan fingerprint density at radius 2 is 2.21 bits per heavy atom. The smallest absolute Gasteiger partial charge is 0.261 e. The SMILES string of the molecule is CC1Cc2cc(S(=O)(=O)Cl)ccc2O1. The van der Waals surface area contributed by atoms with Gasteiger partial charge in [0, 0.05) is 17.1 Å². The van der Waals surface area contributed by atoms with Crippen LogP contribution in [0.1, 0.15) is 12.5 Å². The van der Waals surface area contributed by atoms with Crippen LogP contribution in [0.4, 0.5) is 0 Å². The third kappa shape index (κ3) is 1.72. The lowest BCUT2D eigenvalue weighted by Crippen LogP contribution is -2.05. The summed E-state index contributed by atoms with van der Waals surface area (Å²) in [5, 5.41) is 0. The lowest BCUT2D eigenvalue weighted by Gasteiger charge is -2.02. The van der Waals surface area contributed by atoms with Crippen LogP contribution in [0.5, 0.6) is 5.75 Å². The van der Waals surface area contributed by atoms with Crippen molar-refractivity contribution in [2.45, 2.75) is 24.3 Å². The van der Waals surface area contributed by atoms with Crippen LogP contribution >= 0.6 is 10.7 Å². The van der Waals surface area contributed by atoms with Crippen molar-refractivity contribution in [1.82, 2.24) is 0 Å². The highest BCUT2D eigenvalue weighted by molar-refractivity contribution is 8.13. The fraction of sp³-hybridized carbons (Fsp3) is 0.333. The molecule has 3 nitrogen and oxygen atoms in total. The Morgan fingerprint density at radius 3 is 2.86 bits per heavy atom. The van der Waals surface area contributed by atoms with E-state index < -0.39 is 9.05 Å². The number of rotatable bonds is 1. The molecule has 1 aliphatic heterocycles. The van der Waals surface area contributed by atoms with Gasteiger partial charge in [-0.05, 0) is 30.7 Å². The minimum atomic E-state index is -3.63. The second-order valence-electron chi connectivity index (χ2n) is 3.34. The Kier molecular flexibility index (Phi) is 2.20. The molecule has 1 atom stereocenters. The molecule has 1 heterocycles. The summed E-state index contributed by atoms with van der Waals surface area (Å²) < 4.78 is 27.5. The zero-order valence-corrected chi connectivity index (χ0v) is 9.10. The van der Waals surface area contributed by atoms with Crippen molar-refractivity contribution in [2.75, 3.05) is 0 Å². The summed E-state index contributed by atoms with van der Waals surface area (Å²) in [5.41, 5.74) is 0.902. The van der Waals surface area contributed by atoms with Gasteiger partial charge in [0.15, 0.2) is 0 Å². The van der Waals surface area contributed by atoms with Gasteiger partial charge in [0.2, 0.25) is 0 Å². The number of hydrogen-bond donors (Lipinski definition) is 0. The molecule has 0 aromatic heterocycles. The van der Waals surface area contributed by atoms with Crippen molar-refractivity contribution in [3.8, 4) is 5.75 Å². The van der Waals surface area contributed by atoms with Gasteiger partial charge in [0.05, 0.1) is 4.90 Å². The Morgan fingerprint density at radius 1 is 1.50 bits per heavy atom. The molecule has 0 N–H and O–H groups in total. The van der Waals surface area contributed by atoms with Crippen molar-refractivity contribution in [3.63, 3.8) is 0 Å². The van der Waals surface area contributed by atoms with Crippen LogP contribution in [0.3, 0.4) is 0 Å². The molecule has 0 radical (unpaired) electrons. The molecule has 0 saturated carbocycles. The van der Waals surface area contributed by atoms with Gasteiger partial charge in [-0.3, -0.25) is 0 Å². The molecule has 1 aromatic carbocycles. The molecule has 0 saturated heterocycles. The summed E-state index contributed by atoms with van der Waals surface area (Å²) in [6.45, 7) is 1.94. The van der Waals surface area contributed by atoms with Crippen molar-refractivity contribution in [1.29, 1.82) is 0 Å². The highest BCUT2D eigenvalue weighted by Gasteiger charge is 2.21. The number of fused-ring (bicyclic) bond motifs is 1. The lowest BCUT2D eigenvalue weighted by molar-refractivity contribution is 0.254. The second kappa shape index (κ2) is 3.14. The third-order valence-electron chi connectivity index (χ3n) is 2.15. The van der Waals surface area contributed by atoms with Crippen LogP contribution in [-0.2, 0) is 15.5 Å². The van der Waals surface area contributed by atoms with E-state index in [1.807, 2.05) is 6.92 Å². The number of hydrogen-bond acceptors (Lipinski definition) is 3. The summed E-state index contributed by atoms with van der Waals surface area (Å²) in [7, 11) is 1.60. The lowest BCUT2D eigenvalue weighted by atomic mass is 10.1. The highest BCUT2D eigenvalue weighted by atomic mass is 35.7. The van der Waals surface area contributed by atoms with Gasteiger partial charge in [-0.2, -0.15) is 0 Å².